The fourth-order valence-electron chi connectivity index (χ4n) is 2.66. The van der Waals surface area contributed by atoms with Crippen molar-refractivity contribution < 1.29 is 19.0 Å². The van der Waals surface area contributed by atoms with E-state index in [1.807, 2.05) is 26.0 Å². The smallest absolute Gasteiger partial charge is 0.235 e. The van der Waals surface area contributed by atoms with Gasteiger partial charge in [0.2, 0.25) is 11.8 Å². The molecule has 1 aromatic carbocycles. The fourth-order valence-corrected chi connectivity index (χ4v) is 2.66. The predicted octanol–water partition coefficient (Wildman–Crippen LogP) is 3.21. The van der Waals surface area contributed by atoms with E-state index in [0.29, 0.717) is 17.2 Å². The molecular weight excluding hydrogens is 270 g/mol. The molecule has 0 heterocycles. The van der Waals surface area contributed by atoms with Gasteiger partial charge in [0, 0.05) is 5.56 Å². The van der Waals surface area contributed by atoms with Crippen molar-refractivity contribution in [1.82, 2.24) is 0 Å². The predicted molar refractivity (Wildman–Crippen MR) is 79.0 cm³/mol. The van der Waals surface area contributed by atoms with Crippen molar-refractivity contribution in [2.24, 2.45) is 4.99 Å². The van der Waals surface area contributed by atoms with Crippen LogP contribution in [0.2, 0.25) is 0 Å². The van der Waals surface area contributed by atoms with E-state index in [1.54, 1.807) is 20.3 Å². The highest BCUT2D eigenvalue weighted by Gasteiger charge is 2.42. The summed E-state index contributed by atoms with van der Waals surface area (Å²) in [5, 5.41) is 0. The van der Waals surface area contributed by atoms with E-state index in [2.05, 4.69) is 4.99 Å². The van der Waals surface area contributed by atoms with Crippen molar-refractivity contribution in [1.29, 1.82) is 0 Å². The molecule has 5 nitrogen and oxygen atoms in total. The van der Waals surface area contributed by atoms with Gasteiger partial charge in [-0.3, -0.25) is 0 Å². The molecule has 0 aliphatic heterocycles. The van der Waals surface area contributed by atoms with Crippen LogP contribution < -0.4 is 14.2 Å². The van der Waals surface area contributed by atoms with Crippen LogP contribution in [0.3, 0.4) is 0 Å². The van der Waals surface area contributed by atoms with Crippen molar-refractivity contribution in [3.05, 3.63) is 17.7 Å². The van der Waals surface area contributed by atoms with Gasteiger partial charge in [-0.2, -0.15) is 4.99 Å². The number of nitrogens with zero attached hydrogens (tertiary/aromatic N) is 1. The second-order valence-electron chi connectivity index (χ2n) is 5.43. The Labute approximate surface area is 124 Å². The third-order valence-corrected chi connectivity index (χ3v) is 3.80. The first kappa shape index (κ1) is 15.4. The van der Waals surface area contributed by atoms with E-state index in [1.165, 1.54) is 0 Å². The molecule has 0 N–H and O–H groups in total. The quantitative estimate of drug-likeness (QED) is 0.596. The lowest BCUT2D eigenvalue weighted by atomic mass is 9.72. The number of aliphatic imine (C=N–C) groups is 1. The van der Waals surface area contributed by atoms with Gasteiger partial charge in [-0.1, -0.05) is 0 Å². The Bertz CT molecular complexity index is 558. The first-order valence-corrected chi connectivity index (χ1v) is 7.09. The van der Waals surface area contributed by atoms with Crippen LogP contribution in [0.25, 0.3) is 0 Å². The molecule has 2 rings (SSSR count). The van der Waals surface area contributed by atoms with Gasteiger partial charge >= 0.3 is 0 Å². The molecule has 0 aromatic heterocycles. The Morgan fingerprint density at radius 2 is 1.90 bits per heavy atom. The SMILES string of the molecule is COc1ccc(C2(N=C=O)CCC2)c(OC(C)C)c1OC. The number of isocyanates is 1. The zero-order valence-electron chi connectivity index (χ0n) is 12.9. The van der Waals surface area contributed by atoms with E-state index >= 15 is 0 Å². The van der Waals surface area contributed by atoms with E-state index in [-0.39, 0.29) is 6.10 Å². The maximum atomic E-state index is 10.8. The summed E-state index contributed by atoms with van der Waals surface area (Å²) in [4.78, 5) is 14.9. The number of benzene rings is 1. The van der Waals surface area contributed by atoms with Crippen LogP contribution in [0.5, 0.6) is 17.2 Å². The number of hydrogen-bond acceptors (Lipinski definition) is 5. The summed E-state index contributed by atoms with van der Waals surface area (Å²) >= 11 is 0. The second kappa shape index (κ2) is 6.19. The van der Waals surface area contributed by atoms with Gasteiger partial charge in [0.15, 0.2) is 11.5 Å². The molecule has 1 saturated carbocycles. The Morgan fingerprint density at radius 1 is 1.19 bits per heavy atom. The Balaban J connectivity index is 2.61. The fraction of sp³-hybridized carbons (Fsp3) is 0.562. The summed E-state index contributed by atoms with van der Waals surface area (Å²) in [6, 6.07) is 3.72. The lowest BCUT2D eigenvalue weighted by molar-refractivity contribution is 0.200. The Kier molecular flexibility index (Phi) is 4.53. The summed E-state index contributed by atoms with van der Waals surface area (Å²) in [6.07, 6.45) is 4.33. The average Bonchev–Trinajstić information content (AvgIpc) is 2.42. The van der Waals surface area contributed by atoms with E-state index in [4.69, 9.17) is 14.2 Å². The zero-order valence-corrected chi connectivity index (χ0v) is 12.9. The van der Waals surface area contributed by atoms with Gasteiger partial charge in [0.25, 0.3) is 0 Å². The van der Waals surface area contributed by atoms with Crippen LogP contribution in [0.4, 0.5) is 0 Å². The Morgan fingerprint density at radius 3 is 2.33 bits per heavy atom. The van der Waals surface area contributed by atoms with Crippen molar-refractivity contribution in [2.75, 3.05) is 14.2 Å². The number of rotatable bonds is 6. The molecule has 0 spiro atoms. The summed E-state index contributed by atoms with van der Waals surface area (Å²) in [5.41, 5.74) is 0.328. The molecular formula is C16H21NO4. The molecule has 1 aromatic rings. The minimum absolute atomic E-state index is 0.0258. The molecule has 1 aliphatic rings. The minimum Gasteiger partial charge on any atom is -0.493 e. The number of carbonyl (C=O) groups excluding carboxylic acids is 1. The lowest BCUT2D eigenvalue weighted by Gasteiger charge is -2.38. The van der Waals surface area contributed by atoms with Crippen LogP contribution in [0, 0.1) is 0 Å². The van der Waals surface area contributed by atoms with Crippen LogP contribution in [0.15, 0.2) is 17.1 Å². The van der Waals surface area contributed by atoms with Crippen LogP contribution in [-0.2, 0) is 10.3 Å². The monoisotopic (exact) mass is 291 g/mol. The van der Waals surface area contributed by atoms with Gasteiger partial charge in [0.05, 0.1) is 20.3 Å². The van der Waals surface area contributed by atoms with Gasteiger partial charge in [-0.25, -0.2) is 4.79 Å². The summed E-state index contributed by atoms with van der Waals surface area (Å²) < 4.78 is 16.7. The summed E-state index contributed by atoms with van der Waals surface area (Å²) in [7, 11) is 3.16. The third kappa shape index (κ3) is 2.74. The highest BCUT2D eigenvalue weighted by Crippen LogP contribution is 2.52. The maximum Gasteiger partial charge on any atom is 0.235 e. The number of ether oxygens (including phenoxy) is 3. The van der Waals surface area contributed by atoms with E-state index in [0.717, 1.165) is 24.8 Å². The standard InChI is InChI=1S/C16H21NO4/c1-11(2)21-14-12(16(17-10-18)8-5-9-16)6-7-13(19-3)15(14)20-4/h6-7,11H,5,8-9H2,1-4H3. The first-order chi connectivity index (χ1) is 10.1. The minimum atomic E-state index is -0.536. The Hall–Kier alpha value is -2.00. The molecule has 0 amide bonds. The lowest BCUT2D eigenvalue weighted by Crippen LogP contribution is -2.33. The van der Waals surface area contributed by atoms with Gasteiger partial charge in [-0.05, 0) is 45.2 Å². The van der Waals surface area contributed by atoms with Crippen molar-refractivity contribution in [3.8, 4) is 17.2 Å². The molecule has 1 aliphatic carbocycles. The molecule has 0 bridgehead atoms. The summed E-state index contributed by atoms with van der Waals surface area (Å²) in [5.74, 6) is 1.74. The molecule has 114 valence electrons. The summed E-state index contributed by atoms with van der Waals surface area (Å²) in [6.45, 7) is 3.89. The molecule has 0 atom stereocenters. The molecule has 5 heteroatoms. The molecule has 0 unspecified atom stereocenters. The average molecular weight is 291 g/mol. The molecule has 1 fully saturated rings. The van der Waals surface area contributed by atoms with Gasteiger partial charge < -0.3 is 14.2 Å². The second-order valence-corrected chi connectivity index (χ2v) is 5.43. The maximum absolute atomic E-state index is 10.8. The molecule has 0 radical (unpaired) electrons. The zero-order chi connectivity index (χ0) is 15.5. The normalized spacial score (nSPS) is 15.9. The number of methoxy groups -OCH3 is 2. The van der Waals surface area contributed by atoms with Crippen molar-refractivity contribution in [3.63, 3.8) is 0 Å². The van der Waals surface area contributed by atoms with Crippen LogP contribution in [-0.4, -0.2) is 26.4 Å². The topological polar surface area (TPSA) is 57.1 Å². The van der Waals surface area contributed by atoms with Crippen LogP contribution in [0.1, 0.15) is 38.7 Å². The highest BCUT2D eigenvalue weighted by molar-refractivity contribution is 5.59. The highest BCUT2D eigenvalue weighted by atomic mass is 16.5. The van der Waals surface area contributed by atoms with E-state index in [9.17, 15) is 4.79 Å². The number of hydrogen-bond donors (Lipinski definition) is 0. The third-order valence-electron chi connectivity index (χ3n) is 3.80. The van der Waals surface area contributed by atoms with Gasteiger partial charge in [0.1, 0.15) is 5.54 Å². The van der Waals surface area contributed by atoms with Gasteiger partial charge in [-0.15, -0.1) is 0 Å². The largest absolute Gasteiger partial charge is 0.493 e. The first-order valence-electron chi connectivity index (χ1n) is 7.09. The van der Waals surface area contributed by atoms with E-state index < -0.39 is 5.54 Å². The van der Waals surface area contributed by atoms with Crippen molar-refractivity contribution in [2.45, 2.75) is 44.8 Å². The molecule has 0 saturated heterocycles. The van der Waals surface area contributed by atoms with Crippen LogP contribution >= 0.6 is 0 Å². The van der Waals surface area contributed by atoms with Crippen molar-refractivity contribution >= 4 is 6.08 Å². The molecule has 21 heavy (non-hydrogen) atoms.